The van der Waals surface area contributed by atoms with Crippen LogP contribution in [0.25, 0.3) is 0 Å². The Labute approximate surface area is 119 Å². The molecule has 1 atom stereocenters. The second-order valence-electron chi connectivity index (χ2n) is 4.83. The first-order chi connectivity index (χ1) is 9.48. The maximum Gasteiger partial charge on any atom is 0.223 e. The number of carbonyl (C=O) groups excluding carboxylic acids is 1. The molecule has 2 N–H and O–H groups in total. The van der Waals surface area contributed by atoms with Crippen LogP contribution >= 0.6 is 0 Å². The van der Waals surface area contributed by atoms with Gasteiger partial charge < -0.3 is 15.2 Å². The fourth-order valence-electron chi connectivity index (χ4n) is 1.54. The molecule has 1 heterocycles. The minimum atomic E-state index is -1.19. The van der Waals surface area contributed by atoms with E-state index in [-0.39, 0.29) is 12.3 Å². The molecule has 0 saturated heterocycles. The molecule has 0 spiro atoms. The Kier molecular flexibility index (Phi) is 6.18. The Bertz CT molecular complexity index is 458. The van der Waals surface area contributed by atoms with Gasteiger partial charge in [0.1, 0.15) is 0 Å². The number of pyridine rings is 1. The Morgan fingerprint density at radius 3 is 3.05 bits per heavy atom. The summed E-state index contributed by atoms with van der Waals surface area (Å²) in [5.74, 6) is 0.283. The largest absolute Gasteiger partial charge is 0.477 e. The van der Waals surface area contributed by atoms with Crippen molar-refractivity contribution in [3.8, 4) is 5.88 Å². The lowest BCUT2D eigenvalue weighted by molar-refractivity contribution is -0.124. The van der Waals surface area contributed by atoms with Crippen LogP contribution in [0.5, 0.6) is 5.88 Å². The maximum atomic E-state index is 11.7. The highest BCUT2D eigenvalue weighted by atomic mass is 16.5. The zero-order chi connectivity index (χ0) is 15.0. The van der Waals surface area contributed by atoms with Gasteiger partial charge in [-0.2, -0.15) is 0 Å². The van der Waals surface area contributed by atoms with Crippen LogP contribution in [-0.2, 0) is 11.3 Å². The lowest BCUT2D eigenvalue weighted by Crippen LogP contribution is -2.32. The molecule has 0 radical (unpaired) electrons. The third-order valence-corrected chi connectivity index (χ3v) is 2.73. The van der Waals surface area contributed by atoms with E-state index in [1.165, 1.54) is 6.08 Å². The molecule has 1 aromatic heterocycles. The van der Waals surface area contributed by atoms with Crippen molar-refractivity contribution in [1.29, 1.82) is 0 Å². The first-order valence-corrected chi connectivity index (χ1v) is 6.68. The van der Waals surface area contributed by atoms with Gasteiger partial charge in [-0.3, -0.25) is 4.79 Å². The molecule has 0 fully saturated rings. The SMILES string of the molecule is C=C[C@@](C)(O)CC(=O)NCc1cccnc1OCCC. The highest BCUT2D eigenvalue weighted by Gasteiger charge is 2.20. The molecule has 5 nitrogen and oxygen atoms in total. The van der Waals surface area contributed by atoms with Crippen LogP contribution in [0.3, 0.4) is 0 Å². The lowest BCUT2D eigenvalue weighted by atomic mass is 10.0. The van der Waals surface area contributed by atoms with Crippen LogP contribution in [0.1, 0.15) is 32.3 Å². The number of nitrogens with one attached hydrogen (secondary N) is 1. The number of hydrogen-bond donors (Lipinski definition) is 2. The molecule has 1 rings (SSSR count). The standard InChI is InChI=1S/C15H22N2O3/c1-4-9-20-14-12(7-6-8-16-14)11-17-13(18)10-15(3,19)5-2/h5-8,19H,2,4,9-11H2,1,3H3,(H,17,18)/t15-/m1/s1. The van der Waals surface area contributed by atoms with Crippen LogP contribution in [-0.4, -0.2) is 28.2 Å². The molecule has 0 unspecified atom stereocenters. The highest BCUT2D eigenvalue weighted by Crippen LogP contribution is 2.15. The Balaban J connectivity index is 2.57. The second kappa shape index (κ2) is 7.65. The zero-order valence-corrected chi connectivity index (χ0v) is 12.1. The van der Waals surface area contributed by atoms with Crippen molar-refractivity contribution < 1.29 is 14.6 Å². The molecule has 1 amide bonds. The van der Waals surface area contributed by atoms with Crippen LogP contribution in [0, 0.1) is 0 Å². The molecule has 20 heavy (non-hydrogen) atoms. The fourth-order valence-corrected chi connectivity index (χ4v) is 1.54. The monoisotopic (exact) mass is 278 g/mol. The van der Waals surface area contributed by atoms with Gasteiger partial charge in [0.05, 0.1) is 18.6 Å². The lowest BCUT2D eigenvalue weighted by Gasteiger charge is -2.17. The maximum absolute atomic E-state index is 11.7. The molecule has 0 aromatic carbocycles. The van der Waals surface area contributed by atoms with E-state index < -0.39 is 5.60 Å². The summed E-state index contributed by atoms with van der Waals surface area (Å²) in [7, 11) is 0. The summed E-state index contributed by atoms with van der Waals surface area (Å²) in [6.45, 7) is 7.95. The molecule has 0 aliphatic carbocycles. The molecular formula is C15H22N2O3. The van der Waals surface area contributed by atoms with Crippen molar-refractivity contribution in [3.05, 3.63) is 36.5 Å². The van der Waals surface area contributed by atoms with Crippen molar-refractivity contribution in [1.82, 2.24) is 10.3 Å². The third kappa shape index (κ3) is 5.40. The number of carbonyl (C=O) groups is 1. The van der Waals surface area contributed by atoms with Crippen molar-refractivity contribution in [2.24, 2.45) is 0 Å². The summed E-state index contributed by atoms with van der Waals surface area (Å²) in [6.07, 6.45) is 3.87. The van der Waals surface area contributed by atoms with Gasteiger partial charge in [-0.15, -0.1) is 6.58 Å². The Morgan fingerprint density at radius 1 is 1.65 bits per heavy atom. The van der Waals surface area contributed by atoms with Crippen LogP contribution < -0.4 is 10.1 Å². The van der Waals surface area contributed by atoms with Gasteiger partial charge in [-0.25, -0.2) is 4.98 Å². The van der Waals surface area contributed by atoms with E-state index in [9.17, 15) is 9.90 Å². The smallest absolute Gasteiger partial charge is 0.223 e. The second-order valence-corrected chi connectivity index (χ2v) is 4.83. The predicted octanol–water partition coefficient (Wildman–Crippen LogP) is 1.81. The van der Waals surface area contributed by atoms with Crippen molar-refractivity contribution in [3.63, 3.8) is 0 Å². The Morgan fingerprint density at radius 2 is 2.40 bits per heavy atom. The summed E-state index contributed by atoms with van der Waals surface area (Å²) in [4.78, 5) is 15.9. The number of ether oxygens (including phenoxy) is 1. The quantitative estimate of drug-likeness (QED) is 0.711. The molecule has 0 aliphatic rings. The van der Waals surface area contributed by atoms with Crippen LogP contribution in [0.15, 0.2) is 31.0 Å². The fraction of sp³-hybridized carbons (Fsp3) is 0.467. The van der Waals surface area contributed by atoms with Crippen molar-refractivity contribution in [2.45, 2.75) is 38.8 Å². The molecular weight excluding hydrogens is 256 g/mol. The summed E-state index contributed by atoms with van der Waals surface area (Å²) in [6, 6.07) is 3.64. The molecule has 0 bridgehead atoms. The van der Waals surface area contributed by atoms with Gasteiger partial charge in [-0.05, 0) is 19.4 Å². The van der Waals surface area contributed by atoms with E-state index in [0.29, 0.717) is 19.0 Å². The Hall–Kier alpha value is -1.88. The molecule has 0 saturated carbocycles. The molecule has 1 aromatic rings. The average Bonchev–Trinajstić information content (AvgIpc) is 2.43. The summed E-state index contributed by atoms with van der Waals surface area (Å²) < 4.78 is 5.51. The third-order valence-electron chi connectivity index (χ3n) is 2.73. The molecule has 110 valence electrons. The number of nitrogens with zero attached hydrogens (tertiary/aromatic N) is 1. The van der Waals surface area contributed by atoms with Gasteiger partial charge in [0.2, 0.25) is 11.8 Å². The molecule has 0 aliphatic heterocycles. The van der Waals surface area contributed by atoms with Gasteiger partial charge in [-0.1, -0.05) is 19.1 Å². The van der Waals surface area contributed by atoms with E-state index in [1.54, 1.807) is 19.2 Å². The van der Waals surface area contributed by atoms with Gasteiger partial charge in [0.15, 0.2) is 0 Å². The van der Waals surface area contributed by atoms with E-state index in [1.807, 2.05) is 13.0 Å². The minimum Gasteiger partial charge on any atom is -0.477 e. The minimum absolute atomic E-state index is 0.0259. The number of rotatable bonds is 8. The van der Waals surface area contributed by atoms with Crippen LogP contribution in [0.2, 0.25) is 0 Å². The first kappa shape index (κ1) is 16.2. The first-order valence-electron chi connectivity index (χ1n) is 6.68. The number of aromatic nitrogens is 1. The summed E-state index contributed by atoms with van der Waals surface area (Å²) in [5.41, 5.74) is -0.381. The van der Waals surface area contributed by atoms with Gasteiger partial charge in [0, 0.05) is 18.3 Å². The number of hydrogen-bond acceptors (Lipinski definition) is 4. The van der Waals surface area contributed by atoms with Crippen molar-refractivity contribution >= 4 is 5.91 Å². The van der Waals surface area contributed by atoms with Gasteiger partial charge >= 0.3 is 0 Å². The van der Waals surface area contributed by atoms with E-state index in [4.69, 9.17) is 4.74 Å². The zero-order valence-electron chi connectivity index (χ0n) is 12.1. The van der Waals surface area contributed by atoms with Gasteiger partial charge in [0.25, 0.3) is 0 Å². The van der Waals surface area contributed by atoms with E-state index >= 15 is 0 Å². The molecule has 5 heteroatoms. The summed E-state index contributed by atoms with van der Waals surface area (Å²) in [5, 5.41) is 12.5. The van der Waals surface area contributed by atoms with E-state index in [2.05, 4.69) is 16.9 Å². The average molecular weight is 278 g/mol. The topological polar surface area (TPSA) is 71.5 Å². The number of aliphatic hydroxyl groups is 1. The number of amides is 1. The normalized spacial score (nSPS) is 13.3. The van der Waals surface area contributed by atoms with E-state index in [0.717, 1.165) is 12.0 Å². The summed E-state index contributed by atoms with van der Waals surface area (Å²) >= 11 is 0. The highest BCUT2D eigenvalue weighted by molar-refractivity contribution is 5.77. The predicted molar refractivity (Wildman–Crippen MR) is 77.3 cm³/mol. The van der Waals surface area contributed by atoms with Crippen molar-refractivity contribution in [2.75, 3.05) is 6.61 Å². The van der Waals surface area contributed by atoms with Crippen LogP contribution in [0.4, 0.5) is 0 Å².